The first kappa shape index (κ1) is 10.5. The molecule has 0 aromatic carbocycles. The molecule has 16 heavy (non-hydrogen) atoms. The lowest BCUT2D eigenvalue weighted by Gasteiger charge is -2.28. The van der Waals surface area contributed by atoms with E-state index < -0.39 is 0 Å². The summed E-state index contributed by atoms with van der Waals surface area (Å²) in [6.45, 7) is 0. The second-order valence-electron chi connectivity index (χ2n) is 5.95. The lowest BCUT2D eigenvalue weighted by atomic mass is 9.77. The Labute approximate surface area is 96.8 Å². The monoisotopic (exact) mass is 220 g/mol. The number of hydrogen-bond donors (Lipinski definition) is 0. The van der Waals surface area contributed by atoms with Gasteiger partial charge in [-0.3, -0.25) is 0 Å². The van der Waals surface area contributed by atoms with Gasteiger partial charge in [0.25, 0.3) is 0 Å². The molecule has 0 aliphatic heterocycles. The Balaban J connectivity index is 1.79. The van der Waals surface area contributed by atoms with Crippen LogP contribution in [0.1, 0.15) is 38.5 Å². The van der Waals surface area contributed by atoms with Gasteiger partial charge in [0.1, 0.15) is 12.6 Å². The quantitative estimate of drug-likeness (QED) is 0.682. The van der Waals surface area contributed by atoms with E-state index in [1.54, 1.807) is 0 Å². The van der Waals surface area contributed by atoms with Crippen molar-refractivity contribution in [1.29, 1.82) is 0 Å². The number of rotatable bonds is 4. The molecule has 2 bridgehead atoms. The van der Waals surface area contributed by atoms with E-state index in [9.17, 15) is 9.59 Å². The normalized spacial score (nSPS) is 49.2. The van der Waals surface area contributed by atoms with Gasteiger partial charge >= 0.3 is 0 Å². The highest BCUT2D eigenvalue weighted by Gasteiger charge is 2.57. The maximum Gasteiger partial charge on any atom is 0.120 e. The molecule has 2 heteroatoms. The number of fused-ring (bicyclic) bond motifs is 5. The second-order valence-corrected chi connectivity index (χ2v) is 5.95. The molecule has 0 spiro atoms. The molecule has 3 saturated carbocycles. The highest BCUT2D eigenvalue weighted by atomic mass is 16.1. The van der Waals surface area contributed by atoms with Crippen LogP contribution in [0.4, 0.5) is 0 Å². The van der Waals surface area contributed by atoms with Crippen LogP contribution < -0.4 is 0 Å². The van der Waals surface area contributed by atoms with Crippen molar-refractivity contribution in [2.45, 2.75) is 38.5 Å². The van der Waals surface area contributed by atoms with Gasteiger partial charge < -0.3 is 9.59 Å². The molecule has 0 aromatic rings. The van der Waals surface area contributed by atoms with Crippen LogP contribution in [0.2, 0.25) is 0 Å². The Morgan fingerprint density at radius 2 is 1.50 bits per heavy atom. The lowest BCUT2D eigenvalue weighted by Crippen LogP contribution is -2.22. The summed E-state index contributed by atoms with van der Waals surface area (Å²) in [5.74, 6) is 4.54. The number of aldehydes is 2. The Morgan fingerprint density at radius 1 is 0.812 bits per heavy atom. The van der Waals surface area contributed by atoms with Crippen LogP contribution in [0.3, 0.4) is 0 Å². The topological polar surface area (TPSA) is 34.1 Å². The molecule has 2 nitrogen and oxygen atoms in total. The first-order chi connectivity index (χ1) is 7.86. The zero-order valence-electron chi connectivity index (χ0n) is 9.68. The molecule has 0 N–H and O–H groups in total. The van der Waals surface area contributed by atoms with Crippen molar-refractivity contribution in [3.05, 3.63) is 0 Å². The van der Waals surface area contributed by atoms with Gasteiger partial charge in [-0.15, -0.1) is 0 Å². The standard InChI is InChI=1S/C14H20O2/c15-7-5-9-1-2-12-10-3-4-13(14(9)12)11(10)6-8-16/h7-14H,1-6H2. The van der Waals surface area contributed by atoms with Crippen molar-refractivity contribution in [3.63, 3.8) is 0 Å². The minimum Gasteiger partial charge on any atom is -0.303 e. The van der Waals surface area contributed by atoms with Gasteiger partial charge in [-0.25, -0.2) is 0 Å². The molecule has 3 aliphatic rings. The SMILES string of the molecule is O=CCC1CCC2C3CCC(C3CC=O)C12. The van der Waals surface area contributed by atoms with Gasteiger partial charge in [0, 0.05) is 12.8 Å². The van der Waals surface area contributed by atoms with Crippen LogP contribution in [-0.2, 0) is 9.59 Å². The van der Waals surface area contributed by atoms with E-state index in [4.69, 9.17) is 0 Å². The van der Waals surface area contributed by atoms with Gasteiger partial charge in [0.15, 0.2) is 0 Å². The van der Waals surface area contributed by atoms with Crippen molar-refractivity contribution in [2.24, 2.45) is 35.5 Å². The van der Waals surface area contributed by atoms with Crippen molar-refractivity contribution < 1.29 is 9.59 Å². The number of hydrogen-bond acceptors (Lipinski definition) is 2. The summed E-state index contributed by atoms with van der Waals surface area (Å²) in [6.07, 6.45) is 9.00. The fourth-order valence-electron chi connectivity index (χ4n) is 5.31. The van der Waals surface area contributed by atoms with Crippen molar-refractivity contribution in [2.75, 3.05) is 0 Å². The molecule has 3 fully saturated rings. The largest absolute Gasteiger partial charge is 0.303 e. The fraction of sp³-hybridized carbons (Fsp3) is 0.857. The Bertz CT molecular complexity index is 299. The molecule has 0 saturated heterocycles. The van der Waals surface area contributed by atoms with Crippen LogP contribution in [-0.4, -0.2) is 12.6 Å². The van der Waals surface area contributed by atoms with E-state index in [1.807, 2.05) is 0 Å². The fourth-order valence-corrected chi connectivity index (χ4v) is 5.31. The summed E-state index contributed by atoms with van der Waals surface area (Å²) in [5, 5.41) is 0. The van der Waals surface area contributed by atoms with E-state index >= 15 is 0 Å². The molecular formula is C14H20O2. The average molecular weight is 220 g/mol. The summed E-state index contributed by atoms with van der Waals surface area (Å²) in [4.78, 5) is 21.5. The Kier molecular flexibility index (Phi) is 2.61. The predicted molar refractivity (Wildman–Crippen MR) is 60.8 cm³/mol. The van der Waals surface area contributed by atoms with Crippen molar-refractivity contribution in [1.82, 2.24) is 0 Å². The molecule has 6 atom stereocenters. The van der Waals surface area contributed by atoms with Crippen LogP contribution >= 0.6 is 0 Å². The number of carbonyl (C=O) groups excluding carboxylic acids is 2. The van der Waals surface area contributed by atoms with E-state index in [-0.39, 0.29) is 0 Å². The van der Waals surface area contributed by atoms with Gasteiger partial charge in [-0.05, 0) is 61.2 Å². The van der Waals surface area contributed by atoms with Crippen LogP contribution in [0, 0.1) is 35.5 Å². The zero-order valence-corrected chi connectivity index (χ0v) is 9.68. The molecule has 88 valence electrons. The molecule has 0 amide bonds. The third-order valence-corrected chi connectivity index (χ3v) is 5.65. The van der Waals surface area contributed by atoms with E-state index in [0.29, 0.717) is 11.8 Å². The molecular weight excluding hydrogens is 200 g/mol. The maximum atomic E-state index is 10.8. The van der Waals surface area contributed by atoms with Gasteiger partial charge in [-0.1, -0.05) is 0 Å². The highest BCUT2D eigenvalue weighted by Crippen LogP contribution is 2.64. The Hall–Kier alpha value is -0.660. The highest BCUT2D eigenvalue weighted by molar-refractivity contribution is 5.51. The number of carbonyl (C=O) groups is 2. The third-order valence-electron chi connectivity index (χ3n) is 5.65. The molecule has 0 heterocycles. The van der Waals surface area contributed by atoms with Crippen molar-refractivity contribution in [3.8, 4) is 0 Å². The summed E-state index contributed by atoms with van der Waals surface area (Å²) in [5.41, 5.74) is 0. The van der Waals surface area contributed by atoms with Gasteiger partial charge in [0.05, 0.1) is 0 Å². The minimum atomic E-state index is 0.645. The molecule has 3 rings (SSSR count). The van der Waals surface area contributed by atoms with E-state index in [0.717, 1.165) is 49.1 Å². The Morgan fingerprint density at radius 3 is 2.25 bits per heavy atom. The summed E-state index contributed by atoms with van der Waals surface area (Å²) >= 11 is 0. The molecule has 6 unspecified atom stereocenters. The van der Waals surface area contributed by atoms with E-state index in [1.165, 1.54) is 25.7 Å². The first-order valence-corrected chi connectivity index (χ1v) is 6.74. The van der Waals surface area contributed by atoms with Crippen LogP contribution in [0.5, 0.6) is 0 Å². The second kappa shape index (κ2) is 3.97. The first-order valence-electron chi connectivity index (χ1n) is 6.74. The lowest BCUT2D eigenvalue weighted by molar-refractivity contribution is -0.110. The average Bonchev–Trinajstić information content (AvgIpc) is 2.92. The van der Waals surface area contributed by atoms with E-state index in [2.05, 4.69) is 0 Å². The maximum absolute atomic E-state index is 10.8. The van der Waals surface area contributed by atoms with Gasteiger partial charge in [-0.2, -0.15) is 0 Å². The van der Waals surface area contributed by atoms with Crippen LogP contribution in [0.15, 0.2) is 0 Å². The van der Waals surface area contributed by atoms with Gasteiger partial charge in [0.2, 0.25) is 0 Å². The summed E-state index contributed by atoms with van der Waals surface area (Å²) < 4.78 is 0. The zero-order chi connectivity index (χ0) is 11.1. The third kappa shape index (κ3) is 1.31. The van der Waals surface area contributed by atoms with Crippen molar-refractivity contribution >= 4 is 12.6 Å². The van der Waals surface area contributed by atoms with Crippen LogP contribution in [0.25, 0.3) is 0 Å². The molecule has 0 radical (unpaired) electrons. The predicted octanol–water partition coefficient (Wildman–Crippen LogP) is 2.46. The summed E-state index contributed by atoms with van der Waals surface area (Å²) in [7, 11) is 0. The minimum absolute atomic E-state index is 0.645. The molecule has 3 aliphatic carbocycles. The smallest absolute Gasteiger partial charge is 0.120 e. The molecule has 0 aromatic heterocycles. The summed E-state index contributed by atoms with van der Waals surface area (Å²) in [6, 6.07) is 0.